The minimum Gasteiger partial charge on any atom is -0.466 e. The zero-order valence-electron chi connectivity index (χ0n) is 14.1. The van der Waals surface area contributed by atoms with Crippen molar-refractivity contribution in [3.05, 3.63) is 0 Å². The lowest BCUT2D eigenvalue weighted by Crippen LogP contribution is -2.44. The van der Waals surface area contributed by atoms with Crippen LogP contribution in [0.1, 0.15) is 45.4 Å². The van der Waals surface area contributed by atoms with Gasteiger partial charge >= 0.3 is 5.97 Å². The summed E-state index contributed by atoms with van der Waals surface area (Å²) in [7, 11) is -1.20. The second kappa shape index (κ2) is 10.5. The van der Waals surface area contributed by atoms with Crippen LogP contribution in [0.4, 0.5) is 0 Å². The molecule has 1 atom stereocenters. The first-order chi connectivity index (χ1) is 11.0. The number of rotatable bonds is 9. The van der Waals surface area contributed by atoms with Crippen LogP contribution in [0.3, 0.4) is 0 Å². The molecule has 8 heteroatoms. The highest BCUT2D eigenvalue weighted by Crippen LogP contribution is 2.11. The summed E-state index contributed by atoms with van der Waals surface area (Å²) >= 11 is 0. The molecular formula is C15H29N3O4S. The van der Waals surface area contributed by atoms with Gasteiger partial charge in [-0.25, -0.2) is 8.42 Å². The quantitative estimate of drug-likeness (QED) is 0.278. The smallest absolute Gasteiger partial charge is 0.305 e. The minimum absolute atomic E-state index is 0.0456. The molecule has 1 rings (SSSR count). The van der Waals surface area contributed by atoms with Crippen LogP contribution in [-0.4, -0.2) is 58.1 Å². The number of carbonyl (C=O) groups is 1. The lowest BCUT2D eigenvalue weighted by Gasteiger charge is -2.15. The van der Waals surface area contributed by atoms with E-state index in [1.165, 1.54) is 0 Å². The Kier molecular flexibility index (Phi) is 8.98. The Labute approximate surface area is 139 Å². The molecular weight excluding hydrogens is 318 g/mol. The van der Waals surface area contributed by atoms with Gasteiger partial charge in [-0.2, -0.15) is 0 Å². The number of sulfone groups is 1. The van der Waals surface area contributed by atoms with Crippen LogP contribution in [0.25, 0.3) is 0 Å². The van der Waals surface area contributed by atoms with Gasteiger partial charge in [-0.05, 0) is 26.2 Å². The molecule has 2 N–H and O–H groups in total. The van der Waals surface area contributed by atoms with Crippen LogP contribution in [0.5, 0.6) is 0 Å². The highest BCUT2D eigenvalue weighted by molar-refractivity contribution is 7.91. The van der Waals surface area contributed by atoms with Crippen molar-refractivity contribution >= 4 is 21.8 Å². The molecule has 0 bridgehead atoms. The first kappa shape index (κ1) is 19.7. The van der Waals surface area contributed by atoms with Crippen LogP contribution < -0.4 is 10.6 Å². The molecule has 0 aromatic heterocycles. The molecule has 1 aliphatic heterocycles. The van der Waals surface area contributed by atoms with Gasteiger partial charge in [0.2, 0.25) is 0 Å². The summed E-state index contributed by atoms with van der Waals surface area (Å²) in [5.41, 5.74) is 0. The van der Waals surface area contributed by atoms with E-state index in [2.05, 4.69) is 15.6 Å². The Morgan fingerprint density at radius 2 is 2.00 bits per heavy atom. The molecule has 0 aromatic carbocycles. The topological polar surface area (TPSA) is 96.9 Å². The van der Waals surface area contributed by atoms with Crippen molar-refractivity contribution in [1.82, 2.24) is 10.6 Å². The average molecular weight is 347 g/mol. The molecule has 7 nitrogen and oxygen atoms in total. The van der Waals surface area contributed by atoms with Crippen molar-refractivity contribution < 1.29 is 17.9 Å². The molecule has 0 saturated carbocycles. The van der Waals surface area contributed by atoms with Crippen molar-refractivity contribution in [2.75, 3.05) is 31.7 Å². The number of ether oxygens (including phenoxy) is 1. The van der Waals surface area contributed by atoms with Gasteiger partial charge in [-0.1, -0.05) is 12.8 Å². The van der Waals surface area contributed by atoms with Crippen molar-refractivity contribution in [1.29, 1.82) is 0 Å². The summed E-state index contributed by atoms with van der Waals surface area (Å²) in [5.74, 6) is 0.962. The third kappa shape index (κ3) is 8.78. The predicted molar refractivity (Wildman–Crippen MR) is 91.3 cm³/mol. The van der Waals surface area contributed by atoms with E-state index >= 15 is 0 Å². The van der Waals surface area contributed by atoms with E-state index in [0.29, 0.717) is 25.4 Å². The second-order valence-corrected chi connectivity index (χ2v) is 7.94. The Hall–Kier alpha value is -1.31. The van der Waals surface area contributed by atoms with E-state index in [4.69, 9.17) is 4.74 Å². The Morgan fingerprint density at radius 3 is 2.61 bits per heavy atom. The molecule has 0 aliphatic carbocycles. The maximum atomic E-state index is 11.4. The van der Waals surface area contributed by atoms with Crippen LogP contribution >= 0.6 is 0 Å². The zero-order valence-corrected chi connectivity index (χ0v) is 15.0. The number of hydrogen-bond acceptors (Lipinski definition) is 5. The molecule has 0 aromatic rings. The third-order valence-electron chi connectivity index (χ3n) is 3.70. The summed E-state index contributed by atoms with van der Waals surface area (Å²) in [6.45, 7) is 3.03. The maximum Gasteiger partial charge on any atom is 0.305 e. The monoisotopic (exact) mass is 347 g/mol. The van der Waals surface area contributed by atoms with Gasteiger partial charge in [0.05, 0.1) is 18.1 Å². The highest BCUT2D eigenvalue weighted by atomic mass is 32.2. The molecule has 1 saturated heterocycles. The van der Waals surface area contributed by atoms with Crippen molar-refractivity contribution in [3.63, 3.8) is 0 Å². The maximum absolute atomic E-state index is 11.4. The normalized spacial score (nSPS) is 20.3. The standard InChI is InChI=1S/C15H29N3O4S/c1-3-22-14(19)8-6-4-5-7-10-17-15(16-2)18-13-9-11-23(20,21)12-13/h13H,3-12H2,1-2H3,(H2,16,17,18). The largest absolute Gasteiger partial charge is 0.466 e. The van der Waals surface area contributed by atoms with Crippen LogP contribution in [0, 0.1) is 0 Å². The molecule has 1 fully saturated rings. The Bertz CT molecular complexity index is 491. The molecule has 0 radical (unpaired) electrons. The molecule has 1 unspecified atom stereocenters. The summed E-state index contributed by atoms with van der Waals surface area (Å²) in [6, 6.07) is -0.0456. The number of aliphatic imine (C=N–C) groups is 1. The van der Waals surface area contributed by atoms with E-state index in [-0.39, 0.29) is 23.5 Å². The second-order valence-electron chi connectivity index (χ2n) is 5.71. The summed E-state index contributed by atoms with van der Waals surface area (Å²) < 4.78 is 27.7. The van der Waals surface area contributed by atoms with Crippen molar-refractivity contribution in [2.24, 2.45) is 4.99 Å². The Morgan fingerprint density at radius 1 is 1.26 bits per heavy atom. The summed E-state index contributed by atoms with van der Waals surface area (Å²) in [6.07, 6.45) is 4.98. The first-order valence-corrected chi connectivity index (χ1v) is 10.1. The zero-order chi connectivity index (χ0) is 17.1. The first-order valence-electron chi connectivity index (χ1n) is 8.30. The highest BCUT2D eigenvalue weighted by Gasteiger charge is 2.28. The third-order valence-corrected chi connectivity index (χ3v) is 5.47. The number of nitrogens with zero attached hydrogens (tertiary/aromatic N) is 1. The lowest BCUT2D eigenvalue weighted by molar-refractivity contribution is -0.143. The van der Waals surface area contributed by atoms with E-state index in [9.17, 15) is 13.2 Å². The van der Waals surface area contributed by atoms with E-state index in [1.54, 1.807) is 7.05 Å². The van der Waals surface area contributed by atoms with Gasteiger partial charge in [0.15, 0.2) is 15.8 Å². The van der Waals surface area contributed by atoms with Gasteiger partial charge in [0.25, 0.3) is 0 Å². The summed E-state index contributed by atoms with van der Waals surface area (Å²) in [5, 5.41) is 6.35. The Balaban J connectivity index is 2.06. The molecule has 1 aliphatic rings. The van der Waals surface area contributed by atoms with Gasteiger partial charge in [0, 0.05) is 26.1 Å². The van der Waals surface area contributed by atoms with Crippen LogP contribution in [-0.2, 0) is 19.4 Å². The van der Waals surface area contributed by atoms with Gasteiger partial charge in [0.1, 0.15) is 0 Å². The van der Waals surface area contributed by atoms with Gasteiger partial charge in [-0.3, -0.25) is 9.79 Å². The number of carbonyl (C=O) groups excluding carboxylic acids is 1. The van der Waals surface area contributed by atoms with Crippen LogP contribution in [0.15, 0.2) is 4.99 Å². The number of hydrogen-bond donors (Lipinski definition) is 2. The fourth-order valence-electron chi connectivity index (χ4n) is 2.48. The number of nitrogens with one attached hydrogen (secondary N) is 2. The van der Waals surface area contributed by atoms with Gasteiger partial charge < -0.3 is 15.4 Å². The lowest BCUT2D eigenvalue weighted by atomic mass is 10.1. The van der Waals surface area contributed by atoms with E-state index in [1.807, 2.05) is 6.92 Å². The molecule has 0 spiro atoms. The van der Waals surface area contributed by atoms with Crippen molar-refractivity contribution in [2.45, 2.75) is 51.5 Å². The average Bonchev–Trinajstić information content (AvgIpc) is 2.84. The summed E-state index contributed by atoms with van der Waals surface area (Å²) in [4.78, 5) is 15.3. The number of unbranched alkanes of at least 4 members (excludes halogenated alkanes) is 3. The van der Waals surface area contributed by atoms with E-state index in [0.717, 1.165) is 32.2 Å². The van der Waals surface area contributed by atoms with Crippen LogP contribution in [0.2, 0.25) is 0 Å². The fraction of sp³-hybridized carbons (Fsp3) is 0.867. The van der Waals surface area contributed by atoms with Crippen molar-refractivity contribution in [3.8, 4) is 0 Å². The number of guanidine groups is 1. The molecule has 134 valence electrons. The molecule has 0 amide bonds. The van der Waals surface area contributed by atoms with E-state index < -0.39 is 9.84 Å². The molecule has 23 heavy (non-hydrogen) atoms. The number of esters is 1. The SMILES string of the molecule is CCOC(=O)CCCCCCNC(=NC)NC1CCS(=O)(=O)C1. The fourth-order valence-corrected chi connectivity index (χ4v) is 4.16. The van der Waals surface area contributed by atoms with Gasteiger partial charge in [-0.15, -0.1) is 0 Å². The minimum atomic E-state index is -2.88. The predicted octanol–water partition coefficient (Wildman–Crippen LogP) is 0.852. The molecule has 1 heterocycles.